The second-order valence-corrected chi connectivity index (χ2v) is 9.68. The zero-order chi connectivity index (χ0) is 19.8. The fourth-order valence-electron chi connectivity index (χ4n) is 6.89. The molecule has 6 heteroatoms. The molecule has 5 aliphatic rings. The number of hydrogen-bond acceptors (Lipinski definition) is 6. The quantitative estimate of drug-likeness (QED) is 0.633. The lowest BCUT2D eigenvalue weighted by molar-refractivity contribution is -0.199. The number of rotatable bonds is 6. The number of aromatic hydroxyl groups is 1. The molecule has 0 aromatic heterocycles. The summed E-state index contributed by atoms with van der Waals surface area (Å²) < 4.78 is 13.0. The second kappa shape index (κ2) is 6.19. The number of aliphatic hydroxyl groups excluding tert-OH is 1. The van der Waals surface area contributed by atoms with E-state index >= 15 is 0 Å². The van der Waals surface area contributed by atoms with Crippen molar-refractivity contribution in [2.24, 2.45) is 11.8 Å². The largest absolute Gasteiger partial charge is 0.504 e. The molecule has 6 rings (SSSR count). The van der Waals surface area contributed by atoms with Gasteiger partial charge in [-0.15, -0.1) is 0 Å². The Hall–Kier alpha value is -1.63. The first kappa shape index (κ1) is 18.2. The van der Waals surface area contributed by atoms with Crippen molar-refractivity contribution in [2.75, 3.05) is 19.8 Å². The molecule has 2 aliphatic heterocycles. The second-order valence-electron chi connectivity index (χ2n) is 9.68. The fourth-order valence-corrected chi connectivity index (χ4v) is 6.89. The van der Waals surface area contributed by atoms with E-state index < -0.39 is 17.1 Å². The molecule has 1 aromatic rings. The summed E-state index contributed by atoms with van der Waals surface area (Å²) in [4.78, 5) is 13.7. The smallest absolute Gasteiger partial charge is 0.177 e. The SMILES string of the molecule is O=C1C(CC2CC2)CC2(OCCCO)[C@H]3Cc4ccc(O)c5c4[C@@]2(CCN3)[C@H]1O5. The molecule has 0 amide bonds. The third-order valence-corrected chi connectivity index (χ3v) is 8.19. The average molecular weight is 399 g/mol. The molecule has 5 atom stereocenters. The Bertz CT molecular complexity index is 867. The minimum atomic E-state index is -0.582. The van der Waals surface area contributed by atoms with E-state index in [1.807, 2.05) is 6.07 Å². The van der Waals surface area contributed by atoms with E-state index in [0.29, 0.717) is 31.1 Å². The van der Waals surface area contributed by atoms with Gasteiger partial charge in [-0.05, 0) is 56.2 Å². The van der Waals surface area contributed by atoms with Crippen LogP contribution in [0.15, 0.2) is 12.1 Å². The van der Waals surface area contributed by atoms with Crippen LogP contribution in [-0.4, -0.2) is 53.5 Å². The minimum Gasteiger partial charge on any atom is -0.504 e. The van der Waals surface area contributed by atoms with Crippen LogP contribution in [0.25, 0.3) is 0 Å². The number of nitrogens with one attached hydrogen (secondary N) is 1. The lowest BCUT2D eigenvalue weighted by Crippen LogP contribution is -2.78. The molecule has 29 heavy (non-hydrogen) atoms. The first-order valence-corrected chi connectivity index (χ1v) is 11.1. The number of carbonyl (C=O) groups is 1. The molecule has 1 saturated heterocycles. The number of benzene rings is 1. The number of Topliss-reactive ketones (excluding diaryl/α,β-unsaturated/α-hetero) is 1. The highest BCUT2D eigenvalue weighted by atomic mass is 16.5. The molecule has 3 fully saturated rings. The van der Waals surface area contributed by atoms with Crippen molar-refractivity contribution in [3.05, 3.63) is 23.3 Å². The normalized spacial score (nSPS) is 39.2. The topological polar surface area (TPSA) is 88.0 Å². The monoisotopic (exact) mass is 399 g/mol. The van der Waals surface area contributed by atoms with Gasteiger partial charge in [0.15, 0.2) is 23.4 Å². The molecule has 3 aliphatic carbocycles. The summed E-state index contributed by atoms with van der Waals surface area (Å²) in [5.74, 6) is 1.41. The van der Waals surface area contributed by atoms with Crippen molar-refractivity contribution in [3.8, 4) is 11.5 Å². The number of phenolic OH excluding ortho intramolecular Hbond substituents is 1. The van der Waals surface area contributed by atoms with E-state index in [2.05, 4.69) is 5.32 Å². The number of ether oxygens (including phenoxy) is 2. The van der Waals surface area contributed by atoms with Gasteiger partial charge in [-0.2, -0.15) is 0 Å². The first-order valence-electron chi connectivity index (χ1n) is 11.1. The van der Waals surface area contributed by atoms with E-state index in [1.165, 1.54) is 12.8 Å². The number of carbonyl (C=O) groups excluding carboxylic acids is 1. The van der Waals surface area contributed by atoms with Crippen molar-refractivity contribution in [2.45, 2.75) is 68.1 Å². The summed E-state index contributed by atoms with van der Waals surface area (Å²) in [5.41, 5.74) is 1.09. The highest BCUT2D eigenvalue weighted by Gasteiger charge is 2.74. The zero-order valence-electron chi connectivity index (χ0n) is 16.7. The molecule has 6 nitrogen and oxygen atoms in total. The lowest BCUT2D eigenvalue weighted by Gasteiger charge is -2.63. The van der Waals surface area contributed by atoms with Crippen LogP contribution in [0.1, 0.15) is 49.7 Å². The van der Waals surface area contributed by atoms with Crippen LogP contribution in [0, 0.1) is 11.8 Å². The summed E-state index contributed by atoms with van der Waals surface area (Å²) in [7, 11) is 0. The van der Waals surface area contributed by atoms with Crippen molar-refractivity contribution in [1.29, 1.82) is 0 Å². The number of ketones is 1. The van der Waals surface area contributed by atoms with Crippen LogP contribution in [0.4, 0.5) is 0 Å². The number of hydrogen-bond donors (Lipinski definition) is 3. The third kappa shape index (κ3) is 2.25. The van der Waals surface area contributed by atoms with Gasteiger partial charge in [0.2, 0.25) is 0 Å². The van der Waals surface area contributed by atoms with Gasteiger partial charge in [-0.25, -0.2) is 0 Å². The van der Waals surface area contributed by atoms with Crippen LogP contribution in [0.5, 0.6) is 11.5 Å². The van der Waals surface area contributed by atoms with Crippen LogP contribution in [0.2, 0.25) is 0 Å². The van der Waals surface area contributed by atoms with Gasteiger partial charge in [-0.1, -0.05) is 18.9 Å². The molecule has 3 N–H and O–H groups in total. The van der Waals surface area contributed by atoms with Crippen LogP contribution < -0.4 is 10.1 Å². The van der Waals surface area contributed by atoms with Crippen LogP contribution in [-0.2, 0) is 21.4 Å². The molecule has 2 heterocycles. The van der Waals surface area contributed by atoms with Crippen LogP contribution >= 0.6 is 0 Å². The zero-order valence-corrected chi connectivity index (χ0v) is 16.7. The van der Waals surface area contributed by atoms with Crippen molar-refractivity contribution < 1.29 is 24.5 Å². The number of piperidine rings is 1. The highest BCUT2D eigenvalue weighted by molar-refractivity contribution is 5.92. The Labute approximate surface area is 170 Å². The molecular formula is C23H29NO5. The van der Waals surface area contributed by atoms with Gasteiger partial charge in [-0.3, -0.25) is 4.79 Å². The maximum absolute atomic E-state index is 13.7. The summed E-state index contributed by atoms with van der Waals surface area (Å²) in [6.45, 7) is 1.37. The van der Waals surface area contributed by atoms with E-state index in [0.717, 1.165) is 36.9 Å². The maximum Gasteiger partial charge on any atom is 0.177 e. The summed E-state index contributed by atoms with van der Waals surface area (Å²) in [6.07, 6.45) is 5.62. The summed E-state index contributed by atoms with van der Waals surface area (Å²) >= 11 is 0. The molecule has 2 saturated carbocycles. The molecule has 2 unspecified atom stereocenters. The summed E-state index contributed by atoms with van der Waals surface area (Å²) in [5, 5.41) is 23.6. The Morgan fingerprint density at radius 2 is 2.17 bits per heavy atom. The molecule has 156 valence electrons. The number of aliphatic hydroxyl groups is 1. The Balaban J connectivity index is 1.53. The maximum atomic E-state index is 13.7. The van der Waals surface area contributed by atoms with Crippen molar-refractivity contribution >= 4 is 5.78 Å². The molecule has 0 radical (unpaired) electrons. The fraction of sp³-hybridized carbons (Fsp3) is 0.696. The molecule has 2 bridgehead atoms. The van der Waals surface area contributed by atoms with Gasteiger partial charge in [0.05, 0.1) is 11.0 Å². The Kier molecular flexibility index (Phi) is 3.88. The van der Waals surface area contributed by atoms with Gasteiger partial charge >= 0.3 is 0 Å². The van der Waals surface area contributed by atoms with Crippen molar-refractivity contribution in [1.82, 2.24) is 5.32 Å². The minimum absolute atomic E-state index is 0.0600. The average Bonchev–Trinajstić information content (AvgIpc) is 3.44. The van der Waals surface area contributed by atoms with Gasteiger partial charge < -0.3 is 25.0 Å². The first-order chi connectivity index (χ1) is 14.1. The standard InChI is InChI=1S/C23H29NO5/c25-8-1-9-28-23-12-15(10-13-2-3-13)19(27)21-22(23)6-7-24-17(23)11-14-4-5-16(26)20(29-21)18(14)22/h4-5,13,15,17,21,24-26H,1-3,6-12H2/t15?,17-,21+,22+,23?/m1/s1. The van der Waals surface area contributed by atoms with Gasteiger partial charge in [0.1, 0.15) is 0 Å². The Morgan fingerprint density at radius 3 is 2.97 bits per heavy atom. The van der Waals surface area contributed by atoms with E-state index in [4.69, 9.17) is 9.47 Å². The van der Waals surface area contributed by atoms with Crippen molar-refractivity contribution in [3.63, 3.8) is 0 Å². The van der Waals surface area contributed by atoms with E-state index in [1.54, 1.807) is 6.07 Å². The third-order valence-electron chi connectivity index (χ3n) is 8.19. The van der Waals surface area contributed by atoms with Crippen LogP contribution in [0.3, 0.4) is 0 Å². The lowest BCUT2D eigenvalue weighted by atomic mass is 9.47. The molecule has 1 spiro atoms. The van der Waals surface area contributed by atoms with E-state index in [9.17, 15) is 15.0 Å². The van der Waals surface area contributed by atoms with Gasteiger partial charge in [0.25, 0.3) is 0 Å². The predicted octanol–water partition coefficient (Wildman–Crippen LogP) is 1.84. The molecular weight excluding hydrogens is 370 g/mol. The molecule has 1 aromatic carbocycles. The number of phenols is 1. The Morgan fingerprint density at radius 1 is 1.31 bits per heavy atom. The predicted molar refractivity (Wildman–Crippen MR) is 105 cm³/mol. The van der Waals surface area contributed by atoms with Gasteiger partial charge in [0, 0.05) is 30.7 Å². The summed E-state index contributed by atoms with van der Waals surface area (Å²) in [6, 6.07) is 3.79. The van der Waals surface area contributed by atoms with E-state index in [-0.39, 0.29) is 30.1 Å². The highest BCUT2D eigenvalue weighted by Crippen LogP contribution is 2.66.